The standard InChI is InChI=1S/C15H20O5/c1-9(6-13(18)19)5-12(17)15(20)10(2)7-11(16)8-14(15,3)4/h5-7,17,20H,8H2,1-4H3,(H,18,19)/b9-6-,12-5-/t15-/m0/s1. The molecule has 5 heteroatoms. The van der Waals surface area contributed by atoms with Gasteiger partial charge in [0.05, 0.1) is 0 Å². The molecule has 0 radical (unpaired) electrons. The first-order chi connectivity index (χ1) is 9.00. The quantitative estimate of drug-likeness (QED) is 0.418. The highest BCUT2D eigenvalue weighted by Crippen LogP contribution is 2.46. The Labute approximate surface area is 117 Å². The maximum absolute atomic E-state index is 11.6. The number of aliphatic hydroxyl groups excluding tert-OH is 1. The van der Waals surface area contributed by atoms with Crippen molar-refractivity contribution in [1.29, 1.82) is 0 Å². The van der Waals surface area contributed by atoms with Crippen LogP contribution in [0, 0.1) is 5.41 Å². The van der Waals surface area contributed by atoms with Crippen LogP contribution in [0.15, 0.2) is 35.1 Å². The van der Waals surface area contributed by atoms with Gasteiger partial charge in [-0.1, -0.05) is 13.8 Å². The SMILES string of the molecule is CC1=CC(=O)CC(C)(C)[C@@]1(O)/C(O)=C/C(C)=C\C(=O)O. The molecule has 0 fully saturated rings. The summed E-state index contributed by atoms with van der Waals surface area (Å²) in [5.41, 5.74) is -1.93. The molecule has 110 valence electrons. The highest BCUT2D eigenvalue weighted by Gasteiger charge is 2.51. The van der Waals surface area contributed by atoms with Gasteiger partial charge in [0.1, 0.15) is 11.4 Å². The second kappa shape index (κ2) is 5.25. The summed E-state index contributed by atoms with van der Waals surface area (Å²) in [6.45, 7) is 6.44. The first-order valence-corrected chi connectivity index (χ1v) is 6.27. The summed E-state index contributed by atoms with van der Waals surface area (Å²) in [7, 11) is 0. The topological polar surface area (TPSA) is 94.8 Å². The molecule has 1 atom stereocenters. The van der Waals surface area contributed by atoms with E-state index in [-0.39, 0.29) is 18.0 Å². The molecule has 0 saturated carbocycles. The third kappa shape index (κ3) is 2.82. The summed E-state index contributed by atoms with van der Waals surface area (Å²) in [5.74, 6) is -1.61. The first-order valence-electron chi connectivity index (χ1n) is 6.27. The molecule has 0 aromatic heterocycles. The van der Waals surface area contributed by atoms with E-state index < -0.39 is 17.0 Å². The van der Waals surface area contributed by atoms with Gasteiger partial charge in [0, 0.05) is 17.9 Å². The first kappa shape index (κ1) is 16.2. The van der Waals surface area contributed by atoms with E-state index in [1.165, 1.54) is 19.1 Å². The summed E-state index contributed by atoms with van der Waals surface area (Å²) >= 11 is 0. The molecule has 1 aliphatic rings. The summed E-state index contributed by atoms with van der Waals surface area (Å²) < 4.78 is 0. The molecule has 0 aromatic rings. The van der Waals surface area contributed by atoms with Crippen molar-refractivity contribution in [3.8, 4) is 0 Å². The Morgan fingerprint density at radius 2 is 1.85 bits per heavy atom. The van der Waals surface area contributed by atoms with Gasteiger partial charge in [-0.05, 0) is 37.1 Å². The van der Waals surface area contributed by atoms with Gasteiger partial charge >= 0.3 is 5.97 Å². The zero-order chi connectivity index (χ0) is 15.7. The molecular weight excluding hydrogens is 260 g/mol. The van der Waals surface area contributed by atoms with Crippen LogP contribution in [0.25, 0.3) is 0 Å². The van der Waals surface area contributed by atoms with E-state index in [1.54, 1.807) is 20.8 Å². The van der Waals surface area contributed by atoms with Crippen LogP contribution < -0.4 is 0 Å². The minimum absolute atomic E-state index is 0.0977. The van der Waals surface area contributed by atoms with E-state index in [4.69, 9.17) is 5.11 Å². The van der Waals surface area contributed by atoms with Gasteiger partial charge in [0.2, 0.25) is 0 Å². The van der Waals surface area contributed by atoms with Crippen LogP contribution in [0.2, 0.25) is 0 Å². The zero-order valence-corrected chi connectivity index (χ0v) is 12.1. The number of hydrogen-bond acceptors (Lipinski definition) is 4. The van der Waals surface area contributed by atoms with Crippen molar-refractivity contribution in [2.75, 3.05) is 0 Å². The smallest absolute Gasteiger partial charge is 0.328 e. The average molecular weight is 280 g/mol. The van der Waals surface area contributed by atoms with Crippen LogP contribution in [0.4, 0.5) is 0 Å². The number of hydrogen-bond donors (Lipinski definition) is 3. The number of rotatable bonds is 3. The number of aliphatic carboxylic acids is 1. The van der Waals surface area contributed by atoms with E-state index in [0.717, 1.165) is 6.08 Å². The van der Waals surface area contributed by atoms with Gasteiger partial charge in [0.15, 0.2) is 5.78 Å². The number of carboxylic acid groups (broad SMARTS) is 1. The van der Waals surface area contributed by atoms with Crippen LogP contribution in [0.5, 0.6) is 0 Å². The van der Waals surface area contributed by atoms with E-state index in [2.05, 4.69) is 0 Å². The molecular formula is C15H20O5. The lowest BCUT2D eigenvalue weighted by Crippen LogP contribution is -2.51. The average Bonchev–Trinajstić information content (AvgIpc) is 2.23. The molecule has 20 heavy (non-hydrogen) atoms. The van der Waals surface area contributed by atoms with Crippen molar-refractivity contribution in [3.05, 3.63) is 35.1 Å². The molecule has 1 aliphatic carbocycles. The minimum Gasteiger partial charge on any atom is -0.509 e. The fourth-order valence-corrected chi connectivity index (χ4v) is 2.60. The molecule has 0 unspecified atom stereocenters. The van der Waals surface area contributed by atoms with Gasteiger partial charge in [-0.3, -0.25) is 4.79 Å². The summed E-state index contributed by atoms with van der Waals surface area (Å²) in [5, 5.41) is 29.7. The molecule has 0 bridgehead atoms. The third-order valence-electron chi connectivity index (χ3n) is 3.63. The Bertz CT molecular complexity index is 536. The van der Waals surface area contributed by atoms with Crippen LogP contribution in [-0.4, -0.2) is 32.7 Å². The van der Waals surface area contributed by atoms with Crippen molar-refractivity contribution < 1.29 is 24.9 Å². The Kier molecular flexibility index (Phi) is 4.24. The van der Waals surface area contributed by atoms with Gasteiger partial charge < -0.3 is 15.3 Å². The maximum atomic E-state index is 11.6. The van der Waals surface area contributed by atoms with Crippen LogP contribution in [0.1, 0.15) is 34.1 Å². The predicted octanol–water partition coefficient (Wildman–Crippen LogP) is 2.14. The second-order valence-corrected chi connectivity index (χ2v) is 5.82. The highest BCUT2D eigenvalue weighted by molar-refractivity contribution is 5.93. The van der Waals surface area contributed by atoms with Crippen molar-refractivity contribution in [3.63, 3.8) is 0 Å². The van der Waals surface area contributed by atoms with Crippen LogP contribution in [0.3, 0.4) is 0 Å². The number of carbonyl (C=O) groups excluding carboxylic acids is 1. The van der Waals surface area contributed by atoms with Crippen LogP contribution >= 0.6 is 0 Å². The molecule has 1 rings (SSSR count). The molecule has 0 heterocycles. The number of carbonyl (C=O) groups is 2. The van der Waals surface area contributed by atoms with Gasteiger partial charge in [-0.2, -0.15) is 0 Å². The lowest BCUT2D eigenvalue weighted by atomic mass is 9.63. The Morgan fingerprint density at radius 1 is 1.30 bits per heavy atom. The minimum atomic E-state index is -1.69. The Balaban J connectivity index is 3.33. The highest BCUT2D eigenvalue weighted by atomic mass is 16.4. The summed E-state index contributed by atoms with van der Waals surface area (Å²) in [6, 6.07) is 0. The van der Waals surface area contributed by atoms with E-state index in [9.17, 15) is 19.8 Å². The van der Waals surface area contributed by atoms with Crippen molar-refractivity contribution in [2.24, 2.45) is 5.41 Å². The van der Waals surface area contributed by atoms with Gasteiger partial charge in [0.25, 0.3) is 0 Å². The monoisotopic (exact) mass is 280 g/mol. The predicted molar refractivity (Wildman–Crippen MR) is 74.2 cm³/mol. The number of ketones is 1. The zero-order valence-electron chi connectivity index (χ0n) is 12.1. The number of allylic oxidation sites excluding steroid dienone is 3. The lowest BCUT2D eigenvalue weighted by Gasteiger charge is -2.45. The van der Waals surface area contributed by atoms with Crippen LogP contribution in [-0.2, 0) is 9.59 Å². The fourth-order valence-electron chi connectivity index (χ4n) is 2.60. The number of aliphatic hydroxyl groups is 2. The Hall–Kier alpha value is -1.88. The van der Waals surface area contributed by atoms with E-state index in [1.807, 2.05) is 0 Å². The van der Waals surface area contributed by atoms with Crippen molar-refractivity contribution in [1.82, 2.24) is 0 Å². The third-order valence-corrected chi connectivity index (χ3v) is 3.63. The molecule has 0 aromatic carbocycles. The lowest BCUT2D eigenvalue weighted by molar-refractivity contribution is -0.131. The molecule has 0 spiro atoms. The molecule has 3 N–H and O–H groups in total. The van der Waals surface area contributed by atoms with Gasteiger partial charge in [-0.25, -0.2) is 4.79 Å². The fraction of sp³-hybridized carbons (Fsp3) is 0.467. The largest absolute Gasteiger partial charge is 0.509 e. The number of carboxylic acids is 1. The molecule has 0 aliphatic heterocycles. The molecule has 0 saturated heterocycles. The maximum Gasteiger partial charge on any atom is 0.328 e. The summed E-state index contributed by atoms with van der Waals surface area (Å²) in [6.07, 6.45) is 3.55. The second-order valence-electron chi connectivity index (χ2n) is 5.82. The van der Waals surface area contributed by atoms with Crippen molar-refractivity contribution in [2.45, 2.75) is 39.7 Å². The van der Waals surface area contributed by atoms with E-state index >= 15 is 0 Å². The molecule has 0 amide bonds. The normalized spacial score (nSPS) is 27.2. The van der Waals surface area contributed by atoms with E-state index in [0.29, 0.717) is 11.1 Å². The van der Waals surface area contributed by atoms with Gasteiger partial charge in [-0.15, -0.1) is 0 Å². The summed E-state index contributed by atoms with van der Waals surface area (Å²) in [4.78, 5) is 22.2. The van der Waals surface area contributed by atoms with Crippen molar-refractivity contribution >= 4 is 11.8 Å². The Morgan fingerprint density at radius 3 is 2.30 bits per heavy atom. The molecule has 5 nitrogen and oxygen atoms in total.